The van der Waals surface area contributed by atoms with Crippen molar-refractivity contribution < 1.29 is 19.1 Å². The zero-order valence-corrected chi connectivity index (χ0v) is 18.6. The largest absolute Gasteiger partial charge is 0.497 e. The number of aromatic nitrogens is 1. The minimum atomic E-state index is -0.373. The first-order chi connectivity index (χ1) is 14.9. The van der Waals surface area contributed by atoms with Crippen LogP contribution in [0.15, 0.2) is 42.6 Å². The van der Waals surface area contributed by atoms with Crippen molar-refractivity contribution in [1.82, 2.24) is 15.2 Å². The standard InChI is InChI=1S/C24H31N3O4/c1-16(2)11-23(28)27-14-20(19-9-8-18(30-3)12-22(19)31-4)21(15-27)24(29)26-13-17-7-5-6-10-25-17/h5-10,12,16,20-21H,11,13-15H2,1-4H3,(H,26,29). The van der Waals surface area contributed by atoms with E-state index in [0.29, 0.717) is 37.6 Å². The summed E-state index contributed by atoms with van der Waals surface area (Å²) in [6, 6.07) is 11.2. The zero-order chi connectivity index (χ0) is 22.4. The lowest BCUT2D eigenvalue weighted by Crippen LogP contribution is -2.35. The molecule has 0 bridgehead atoms. The van der Waals surface area contributed by atoms with E-state index in [1.807, 2.05) is 50.2 Å². The fraction of sp³-hybridized carbons (Fsp3) is 0.458. The molecule has 1 fully saturated rings. The zero-order valence-electron chi connectivity index (χ0n) is 18.6. The third-order valence-electron chi connectivity index (χ3n) is 5.60. The lowest BCUT2D eigenvalue weighted by atomic mass is 9.87. The first-order valence-corrected chi connectivity index (χ1v) is 10.6. The minimum absolute atomic E-state index is 0.0764. The van der Waals surface area contributed by atoms with Crippen LogP contribution < -0.4 is 14.8 Å². The molecule has 31 heavy (non-hydrogen) atoms. The first-order valence-electron chi connectivity index (χ1n) is 10.6. The molecule has 1 N–H and O–H groups in total. The maximum atomic E-state index is 13.2. The van der Waals surface area contributed by atoms with Crippen LogP contribution in [0.1, 0.15) is 37.4 Å². The van der Waals surface area contributed by atoms with E-state index in [9.17, 15) is 9.59 Å². The average molecular weight is 426 g/mol. The predicted molar refractivity (Wildman–Crippen MR) is 118 cm³/mol. The van der Waals surface area contributed by atoms with Gasteiger partial charge in [0.15, 0.2) is 0 Å². The van der Waals surface area contributed by atoms with E-state index >= 15 is 0 Å². The molecule has 166 valence electrons. The van der Waals surface area contributed by atoms with Crippen LogP contribution in [-0.2, 0) is 16.1 Å². The normalized spacial score (nSPS) is 18.2. The Kier molecular flexibility index (Phi) is 7.50. The fourth-order valence-corrected chi connectivity index (χ4v) is 4.00. The van der Waals surface area contributed by atoms with Crippen LogP contribution >= 0.6 is 0 Å². The van der Waals surface area contributed by atoms with E-state index in [4.69, 9.17) is 9.47 Å². The van der Waals surface area contributed by atoms with Gasteiger partial charge in [-0.3, -0.25) is 14.6 Å². The van der Waals surface area contributed by atoms with Gasteiger partial charge in [-0.1, -0.05) is 26.0 Å². The topological polar surface area (TPSA) is 80.8 Å². The molecule has 2 aromatic rings. The number of hydrogen-bond acceptors (Lipinski definition) is 5. The lowest BCUT2D eigenvalue weighted by Gasteiger charge is -2.21. The Morgan fingerprint density at radius 1 is 1.16 bits per heavy atom. The highest BCUT2D eigenvalue weighted by Crippen LogP contribution is 2.39. The number of amides is 2. The smallest absolute Gasteiger partial charge is 0.225 e. The van der Waals surface area contributed by atoms with E-state index in [1.54, 1.807) is 25.3 Å². The molecule has 7 nitrogen and oxygen atoms in total. The number of rotatable bonds is 8. The molecule has 0 aliphatic carbocycles. The molecule has 2 heterocycles. The van der Waals surface area contributed by atoms with Gasteiger partial charge in [-0.05, 0) is 24.1 Å². The van der Waals surface area contributed by atoms with Crippen LogP contribution in [0, 0.1) is 11.8 Å². The molecule has 3 rings (SSSR count). The van der Waals surface area contributed by atoms with Crippen molar-refractivity contribution in [1.29, 1.82) is 0 Å². The van der Waals surface area contributed by atoms with Crippen molar-refractivity contribution in [2.24, 2.45) is 11.8 Å². The maximum absolute atomic E-state index is 13.2. The van der Waals surface area contributed by atoms with Crippen molar-refractivity contribution in [3.05, 3.63) is 53.9 Å². The predicted octanol–water partition coefficient (Wildman–Crippen LogP) is 3.00. The molecule has 0 radical (unpaired) electrons. The molecule has 7 heteroatoms. The summed E-state index contributed by atoms with van der Waals surface area (Å²) >= 11 is 0. The summed E-state index contributed by atoms with van der Waals surface area (Å²) in [6.45, 7) is 5.27. The number of pyridine rings is 1. The van der Waals surface area contributed by atoms with Gasteiger partial charge in [0.1, 0.15) is 11.5 Å². The summed E-state index contributed by atoms with van der Waals surface area (Å²) in [5.41, 5.74) is 1.70. The van der Waals surface area contributed by atoms with Gasteiger partial charge in [-0.2, -0.15) is 0 Å². The Labute approximate surface area is 183 Å². The first kappa shape index (κ1) is 22.6. The summed E-state index contributed by atoms with van der Waals surface area (Å²) in [5.74, 6) is 1.05. The Morgan fingerprint density at radius 3 is 2.61 bits per heavy atom. The number of hydrogen-bond donors (Lipinski definition) is 1. The van der Waals surface area contributed by atoms with Gasteiger partial charge in [0.2, 0.25) is 11.8 Å². The third kappa shape index (κ3) is 5.54. The van der Waals surface area contributed by atoms with Crippen LogP contribution in [0.2, 0.25) is 0 Å². The van der Waals surface area contributed by atoms with Crippen LogP contribution in [0.25, 0.3) is 0 Å². The fourth-order valence-electron chi connectivity index (χ4n) is 4.00. The molecule has 2 amide bonds. The average Bonchev–Trinajstić information content (AvgIpc) is 3.22. The van der Waals surface area contributed by atoms with Gasteiger partial charge in [0.05, 0.1) is 32.4 Å². The van der Waals surface area contributed by atoms with E-state index in [-0.39, 0.29) is 29.6 Å². The summed E-state index contributed by atoms with van der Waals surface area (Å²) in [5, 5.41) is 3.00. The number of nitrogens with zero attached hydrogens (tertiary/aromatic N) is 2. The molecule has 0 saturated carbocycles. The van der Waals surface area contributed by atoms with Crippen molar-refractivity contribution in [2.45, 2.75) is 32.7 Å². The number of benzene rings is 1. The second-order valence-electron chi connectivity index (χ2n) is 8.26. The van der Waals surface area contributed by atoms with Crippen molar-refractivity contribution >= 4 is 11.8 Å². The maximum Gasteiger partial charge on any atom is 0.225 e. The number of methoxy groups -OCH3 is 2. The second-order valence-corrected chi connectivity index (χ2v) is 8.26. The number of nitrogens with one attached hydrogen (secondary N) is 1. The Balaban J connectivity index is 1.84. The van der Waals surface area contributed by atoms with Gasteiger partial charge in [-0.15, -0.1) is 0 Å². The summed E-state index contributed by atoms with van der Waals surface area (Å²) < 4.78 is 10.9. The number of carbonyl (C=O) groups is 2. The van der Waals surface area contributed by atoms with Crippen LogP contribution in [0.4, 0.5) is 0 Å². The van der Waals surface area contributed by atoms with E-state index < -0.39 is 0 Å². The van der Waals surface area contributed by atoms with Gasteiger partial charge in [-0.25, -0.2) is 0 Å². The Hall–Kier alpha value is -3.09. The minimum Gasteiger partial charge on any atom is -0.497 e. The number of ether oxygens (including phenoxy) is 2. The van der Waals surface area contributed by atoms with Crippen molar-refractivity contribution in [3.8, 4) is 11.5 Å². The molecular weight excluding hydrogens is 394 g/mol. The summed E-state index contributed by atoms with van der Waals surface area (Å²) in [4.78, 5) is 32.0. The van der Waals surface area contributed by atoms with Crippen molar-refractivity contribution in [3.63, 3.8) is 0 Å². The highest BCUT2D eigenvalue weighted by atomic mass is 16.5. The van der Waals surface area contributed by atoms with Gasteiger partial charge < -0.3 is 19.7 Å². The highest BCUT2D eigenvalue weighted by Gasteiger charge is 2.41. The molecule has 1 aromatic heterocycles. The van der Waals surface area contributed by atoms with Crippen molar-refractivity contribution in [2.75, 3.05) is 27.3 Å². The quantitative estimate of drug-likeness (QED) is 0.703. The monoisotopic (exact) mass is 425 g/mol. The Morgan fingerprint density at radius 2 is 1.97 bits per heavy atom. The van der Waals surface area contributed by atoms with Crippen LogP contribution in [0.3, 0.4) is 0 Å². The van der Waals surface area contributed by atoms with Crippen LogP contribution in [0.5, 0.6) is 11.5 Å². The molecule has 2 atom stereocenters. The van der Waals surface area contributed by atoms with Crippen LogP contribution in [-0.4, -0.2) is 49.0 Å². The SMILES string of the molecule is COc1ccc(C2CN(C(=O)CC(C)C)CC2C(=O)NCc2ccccn2)c(OC)c1. The molecule has 1 aliphatic rings. The molecule has 1 aliphatic heterocycles. The molecule has 1 saturated heterocycles. The Bertz CT molecular complexity index is 901. The molecule has 2 unspecified atom stereocenters. The molecular formula is C24H31N3O4. The van der Waals surface area contributed by atoms with E-state index in [0.717, 1.165) is 11.3 Å². The van der Waals surface area contributed by atoms with E-state index in [1.165, 1.54) is 0 Å². The van der Waals surface area contributed by atoms with E-state index in [2.05, 4.69) is 10.3 Å². The second kappa shape index (κ2) is 10.3. The summed E-state index contributed by atoms with van der Waals surface area (Å²) in [7, 11) is 3.20. The lowest BCUT2D eigenvalue weighted by molar-refractivity contribution is -0.131. The highest BCUT2D eigenvalue weighted by molar-refractivity contribution is 5.83. The van der Waals surface area contributed by atoms with Gasteiger partial charge in [0, 0.05) is 43.3 Å². The number of likely N-dealkylation sites (tertiary alicyclic amines) is 1. The summed E-state index contributed by atoms with van der Waals surface area (Å²) in [6.07, 6.45) is 2.17. The third-order valence-corrected chi connectivity index (χ3v) is 5.60. The van der Waals surface area contributed by atoms with Gasteiger partial charge in [0.25, 0.3) is 0 Å². The molecule has 0 spiro atoms. The number of carbonyl (C=O) groups excluding carboxylic acids is 2. The van der Waals surface area contributed by atoms with Gasteiger partial charge >= 0.3 is 0 Å². The molecule has 1 aromatic carbocycles.